The van der Waals surface area contributed by atoms with Gasteiger partial charge in [0.25, 0.3) is 0 Å². The minimum absolute atomic E-state index is 0.224. The monoisotopic (exact) mass is 534 g/mol. The Hall–Kier alpha value is -4.84. The number of likely N-dealkylation sites (tertiary alicyclic amines) is 1. The number of nitrogens with zero attached hydrogens (tertiary/aromatic N) is 10. The SMILES string of the molecule is Cn1cc(-c2cnc(N=N)c(NCc3cccc(-c4ncc(-c5cnn(CCN6CCCC6)c5)cn4)c3)n2)cn1. The molecule has 0 saturated carbocycles. The molecular formula is C28H30N12. The molecule has 5 aromatic rings. The second-order valence-electron chi connectivity index (χ2n) is 9.83. The summed E-state index contributed by atoms with van der Waals surface area (Å²) in [6, 6.07) is 8.01. The van der Waals surface area contributed by atoms with Crippen LogP contribution in [0, 0.1) is 5.53 Å². The van der Waals surface area contributed by atoms with Gasteiger partial charge in [-0.25, -0.2) is 25.5 Å². The molecule has 0 radical (unpaired) electrons. The largest absolute Gasteiger partial charge is 0.363 e. The van der Waals surface area contributed by atoms with Crippen LogP contribution in [0.2, 0.25) is 0 Å². The predicted molar refractivity (Wildman–Crippen MR) is 151 cm³/mol. The normalized spacial score (nSPS) is 13.5. The van der Waals surface area contributed by atoms with Gasteiger partial charge in [0.2, 0.25) is 5.82 Å². The summed E-state index contributed by atoms with van der Waals surface area (Å²) in [7, 11) is 1.85. The number of aryl methyl sites for hydroxylation is 1. The van der Waals surface area contributed by atoms with Gasteiger partial charge in [-0.05, 0) is 37.6 Å². The second-order valence-corrected chi connectivity index (χ2v) is 9.83. The first-order valence-electron chi connectivity index (χ1n) is 13.3. The van der Waals surface area contributed by atoms with Crippen LogP contribution in [0.15, 0.2) is 72.8 Å². The number of anilines is 1. The van der Waals surface area contributed by atoms with Crippen LogP contribution >= 0.6 is 0 Å². The Bertz CT molecular complexity index is 1600. The number of hydrogen-bond donors (Lipinski definition) is 2. The van der Waals surface area contributed by atoms with Crippen LogP contribution in [0.4, 0.5) is 11.6 Å². The molecule has 0 amide bonds. The molecule has 40 heavy (non-hydrogen) atoms. The first-order valence-corrected chi connectivity index (χ1v) is 13.3. The maximum atomic E-state index is 7.47. The average molecular weight is 535 g/mol. The lowest BCUT2D eigenvalue weighted by atomic mass is 10.1. The standard InChI is InChI=1S/C28H30N12/c1-38-18-24(16-34-38)25-17-33-28(37-29)27(36-25)30-12-20-5-4-6-21(11-20)26-31-13-22(14-32-26)23-15-35-40(19-23)10-9-39-7-2-3-8-39/h4-6,11,13-19,29H,2-3,7-10,12H2,1H3,(H,30,36). The Labute approximate surface area is 231 Å². The van der Waals surface area contributed by atoms with E-state index in [-0.39, 0.29) is 5.82 Å². The van der Waals surface area contributed by atoms with Crippen LogP contribution in [-0.2, 0) is 20.1 Å². The van der Waals surface area contributed by atoms with Gasteiger partial charge in [-0.15, -0.1) is 5.11 Å². The molecule has 6 rings (SSSR count). The summed E-state index contributed by atoms with van der Waals surface area (Å²) in [6.07, 6.45) is 15.4. The number of hydrogen-bond acceptors (Lipinski definition) is 10. The third-order valence-corrected chi connectivity index (χ3v) is 6.97. The average Bonchev–Trinajstić information content (AvgIpc) is 3.78. The molecule has 0 bridgehead atoms. The molecule has 1 fully saturated rings. The van der Waals surface area contributed by atoms with E-state index in [1.807, 2.05) is 60.8 Å². The molecule has 0 aliphatic carbocycles. The van der Waals surface area contributed by atoms with Crippen molar-refractivity contribution in [1.29, 1.82) is 5.53 Å². The second kappa shape index (κ2) is 11.5. The molecule has 0 atom stereocenters. The fourth-order valence-electron chi connectivity index (χ4n) is 4.79. The van der Waals surface area contributed by atoms with Crippen LogP contribution in [0.25, 0.3) is 33.8 Å². The Morgan fingerprint density at radius 1 is 0.875 bits per heavy atom. The summed E-state index contributed by atoms with van der Waals surface area (Å²) >= 11 is 0. The predicted octanol–water partition coefficient (Wildman–Crippen LogP) is 4.57. The quantitative estimate of drug-likeness (QED) is 0.249. The van der Waals surface area contributed by atoms with Crippen LogP contribution in [0.1, 0.15) is 18.4 Å². The van der Waals surface area contributed by atoms with Gasteiger partial charge in [-0.3, -0.25) is 9.36 Å². The summed E-state index contributed by atoms with van der Waals surface area (Å²) in [5, 5.41) is 15.5. The van der Waals surface area contributed by atoms with Gasteiger partial charge < -0.3 is 10.2 Å². The van der Waals surface area contributed by atoms with Crippen molar-refractivity contribution in [3.05, 3.63) is 73.2 Å². The number of nitrogens with one attached hydrogen (secondary N) is 2. The fourth-order valence-corrected chi connectivity index (χ4v) is 4.79. The van der Waals surface area contributed by atoms with Crippen molar-refractivity contribution in [2.75, 3.05) is 25.0 Å². The molecule has 1 aliphatic rings. The van der Waals surface area contributed by atoms with E-state index in [0.717, 1.165) is 40.9 Å². The topological polar surface area (TPSA) is 139 Å². The van der Waals surface area contributed by atoms with Crippen LogP contribution in [-0.4, -0.2) is 64.0 Å². The molecule has 4 aromatic heterocycles. The number of rotatable bonds is 10. The lowest BCUT2D eigenvalue weighted by Crippen LogP contribution is -2.24. The summed E-state index contributed by atoms with van der Waals surface area (Å²) < 4.78 is 3.70. The molecule has 1 saturated heterocycles. The summed E-state index contributed by atoms with van der Waals surface area (Å²) in [5.74, 6) is 1.30. The Morgan fingerprint density at radius 3 is 2.48 bits per heavy atom. The van der Waals surface area contributed by atoms with E-state index >= 15 is 0 Å². The minimum atomic E-state index is 0.224. The maximum absolute atomic E-state index is 7.47. The molecule has 0 unspecified atom stereocenters. The van der Waals surface area contributed by atoms with E-state index in [1.165, 1.54) is 25.9 Å². The Kier molecular flexibility index (Phi) is 7.31. The van der Waals surface area contributed by atoms with Crippen molar-refractivity contribution in [2.45, 2.75) is 25.9 Å². The van der Waals surface area contributed by atoms with Crippen molar-refractivity contribution >= 4 is 11.6 Å². The molecule has 12 heteroatoms. The van der Waals surface area contributed by atoms with E-state index < -0.39 is 0 Å². The first kappa shape index (κ1) is 25.4. The molecule has 5 heterocycles. The molecular weight excluding hydrogens is 504 g/mol. The molecule has 1 aromatic carbocycles. The van der Waals surface area contributed by atoms with E-state index in [9.17, 15) is 0 Å². The van der Waals surface area contributed by atoms with E-state index in [2.05, 4.69) is 51.7 Å². The lowest BCUT2D eigenvalue weighted by molar-refractivity contribution is 0.316. The van der Waals surface area contributed by atoms with Crippen LogP contribution in [0.3, 0.4) is 0 Å². The molecule has 0 spiro atoms. The van der Waals surface area contributed by atoms with Gasteiger partial charge >= 0.3 is 0 Å². The molecule has 1 aliphatic heterocycles. The van der Waals surface area contributed by atoms with Gasteiger partial charge in [0.15, 0.2) is 11.6 Å². The van der Waals surface area contributed by atoms with Crippen molar-refractivity contribution in [3.8, 4) is 33.8 Å². The van der Waals surface area contributed by atoms with Gasteiger partial charge in [-0.2, -0.15) is 10.2 Å². The van der Waals surface area contributed by atoms with Gasteiger partial charge in [0.1, 0.15) is 0 Å². The van der Waals surface area contributed by atoms with E-state index in [0.29, 0.717) is 23.9 Å². The highest BCUT2D eigenvalue weighted by Crippen LogP contribution is 2.26. The first-order chi connectivity index (χ1) is 19.6. The smallest absolute Gasteiger partial charge is 0.216 e. The van der Waals surface area contributed by atoms with Crippen LogP contribution < -0.4 is 5.32 Å². The zero-order valence-corrected chi connectivity index (χ0v) is 22.3. The molecule has 12 nitrogen and oxygen atoms in total. The van der Waals surface area contributed by atoms with Gasteiger partial charge in [-0.1, -0.05) is 18.2 Å². The molecule has 202 valence electrons. The highest BCUT2D eigenvalue weighted by molar-refractivity contribution is 5.65. The highest BCUT2D eigenvalue weighted by atomic mass is 15.3. The Balaban J connectivity index is 1.12. The zero-order chi connectivity index (χ0) is 27.3. The van der Waals surface area contributed by atoms with Gasteiger partial charge in [0, 0.05) is 67.2 Å². The fraction of sp³-hybridized carbons (Fsp3) is 0.286. The number of aromatic nitrogens is 8. The van der Waals surface area contributed by atoms with Crippen molar-refractivity contribution in [2.24, 2.45) is 12.2 Å². The van der Waals surface area contributed by atoms with E-state index in [4.69, 9.17) is 5.53 Å². The van der Waals surface area contributed by atoms with Crippen molar-refractivity contribution < 1.29 is 0 Å². The summed E-state index contributed by atoms with van der Waals surface area (Å²) in [6.45, 7) is 4.77. The minimum Gasteiger partial charge on any atom is -0.363 e. The van der Waals surface area contributed by atoms with Crippen LogP contribution in [0.5, 0.6) is 0 Å². The van der Waals surface area contributed by atoms with Gasteiger partial charge in [0.05, 0.1) is 30.8 Å². The summed E-state index contributed by atoms with van der Waals surface area (Å²) in [5.41, 5.74) is 12.8. The lowest BCUT2D eigenvalue weighted by Gasteiger charge is -2.13. The van der Waals surface area contributed by atoms with Crippen molar-refractivity contribution in [1.82, 2.24) is 44.4 Å². The zero-order valence-electron chi connectivity index (χ0n) is 22.3. The summed E-state index contributed by atoms with van der Waals surface area (Å²) in [4.78, 5) is 20.6. The highest BCUT2D eigenvalue weighted by Gasteiger charge is 2.13. The van der Waals surface area contributed by atoms with Crippen molar-refractivity contribution in [3.63, 3.8) is 0 Å². The Morgan fingerprint density at radius 2 is 1.70 bits per heavy atom. The number of benzene rings is 1. The maximum Gasteiger partial charge on any atom is 0.216 e. The van der Waals surface area contributed by atoms with E-state index in [1.54, 1.807) is 17.1 Å². The molecule has 2 N–H and O–H groups in total. The third-order valence-electron chi connectivity index (χ3n) is 6.97. The third kappa shape index (κ3) is 5.76.